The van der Waals surface area contributed by atoms with Crippen LogP contribution < -0.4 is 0 Å². The van der Waals surface area contributed by atoms with E-state index in [0.29, 0.717) is 11.4 Å². The molecule has 0 fully saturated rings. The summed E-state index contributed by atoms with van der Waals surface area (Å²) >= 11 is 6.07. The van der Waals surface area contributed by atoms with Crippen molar-refractivity contribution < 1.29 is 13.9 Å². The summed E-state index contributed by atoms with van der Waals surface area (Å²) in [6, 6.07) is 4.50. The fourth-order valence-corrected chi connectivity index (χ4v) is 2.52. The predicted molar refractivity (Wildman–Crippen MR) is 78.3 cm³/mol. The van der Waals surface area contributed by atoms with Crippen LogP contribution in [0.1, 0.15) is 23.4 Å². The van der Waals surface area contributed by atoms with Crippen LogP contribution in [0.2, 0.25) is 5.02 Å². The summed E-state index contributed by atoms with van der Waals surface area (Å²) in [6.07, 6.45) is 0.755. The molecule has 0 bridgehead atoms. The van der Waals surface area contributed by atoms with Crippen LogP contribution in [0.5, 0.6) is 0 Å². The van der Waals surface area contributed by atoms with Crippen molar-refractivity contribution >= 4 is 17.6 Å². The van der Waals surface area contributed by atoms with E-state index in [9.17, 15) is 9.18 Å². The minimum absolute atomic E-state index is 0.226. The Labute approximate surface area is 127 Å². The van der Waals surface area contributed by atoms with Crippen molar-refractivity contribution in [3.8, 4) is 5.69 Å². The van der Waals surface area contributed by atoms with E-state index in [1.807, 2.05) is 13.8 Å². The Bertz CT molecular complexity index is 662. The van der Waals surface area contributed by atoms with Gasteiger partial charge in [-0.1, -0.05) is 17.7 Å². The second-order valence-corrected chi connectivity index (χ2v) is 5.11. The Balaban J connectivity index is 2.41. The number of nitrogens with zero attached hydrogens (tertiary/aromatic N) is 2. The molecule has 1 heterocycles. The number of carbonyl (C=O) groups excluding carboxylic acids is 1. The summed E-state index contributed by atoms with van der Waals surface area (Å²) in [5.74, 6) is -0.724. The highest BCUT2D eigenvalue weighted by atomic mass is 35.5. The molecule has 4 nitrogen and oxygen atoms in total. The number of hydrogen-bond donors (Lipinski definition) is 0. The van der Waals surface area contributed by atoms with Gasteiger partial charge >= 0.3 is 5.97 Å². The van der Waals surface area contributed by atoms with Gasteiger partial charge in [0.15, 0.2) is 0 Å². The van der Waals surface area contributed by atoms with Gasteiger partial charge < -0.3 is 4.74 Å². The minimum Gasteiger partial charge on any atom is -0.469 e. The Morgan fingerprint density at radius 3 is 2.76 bits per heavy atom. The fourth-order valence-electron chi connectivity index (χ4n) is 2.27. The second-order valence-electron chi connectivity index (χ2n) is 4.71. The van der Waals surface area contributed by atoms with Crippen LogP contribution >= 0.6 is 11.6 Å². The zero-order chi connectivity index (χ0) is 15.6. The van der Waals surface area contributed by atoms with Crippen molar-refractivity contribution in [1.29, 1.82) is 0 Å². The number of rotatable bonds is 4. The number of ether oxygens (including phenoxy) is 1. The van der Waals surface area contributed by atoms with Crippen LogP contribution in [-0.4, -0.2) is 22.9 Å². The van der Waals surface area contributed by atoms with Crippen molar-refractivity contribution in [3.63, 3.8) is 0 Å². The smallest absolute Gasteiger partial charge is 0.305 e. The molecule has 0 aliphatic heterocycles. The number of aromatic nitrogens is 2. The highest BCUT2D eigenvalue weighted by molar-refractivity contribution is 6.32. The van der Waals surface area contributed by atoms with Gasteiger partial charge in [-0.15, -0.1) is 0 Å². The molecule has 2 rings (SSSR count). The van der Waals surface area contributed by atoms with E-state index >= 15 is 0 Å². The SMILES string of the molecule is COC(=O)CCc1c(C)nn(-c2c(F)cccc2Cl)c1C. The van der Waals surface area contributed by atoms with Crippen LogP contribution in [0.15, 0.2) is 18.2 Å². The van der Waals surface area contributed by atoms with Crippen LogP contribution in [0.3, 0.4) is 0 Å². The monoisotopic (exact) mass is 310 g/mol. The number of halogens is 2. The number of hydrogen-bond acceptors (Lipinski definition) is 3. The number of aryl methyl sites for hydroxylation is 1. The molecule has 1 aromatic heterocycles. The number of methoxy groups -OCH3 is 1. The van der Waals surface area contributed by atoms with Crippen molar-refractivity contribution in [2.24, 2.45) is 0 Å². The molecule has 0 aliphatic rings. The third-order valence-electron chi connectivity index (χ3n) is 3.40. The first-order valence-corrected chi connectivity index (χ1v) is 6.89. The van der Waals surface area contributed by atoms with Crippen molar-refractivity contribution in [1.82, 2.24) is 9.78 Å². The van der Waals surface area contributed by atoms with Gasteiger partial charge in [0, 0.05) is 12.1 Å². The van der Waals surface area contributed by atoms with E-state index < -0.39 is 5.82 Å². The number of para-hydroxylation sites is 1. The maximum atomic E-state index is 14.0. The molecule has 0 unspecified atom stereocenters. The molecule has 112 valence electrons. The quantitative estimate of drug-likeness (QED) is 0.813. The number of carbonyl (C=O) groups is 1. The highest BCUT2D eigenvalue weighted by Crippen LogP contribution is 2.27. The van der Waals surface area contributed by atoms with Gasteiger partial charge in [-0.25, -0.2) is 9.07 Å². The Morgan fingerprint density at radius 2 is 2.14 bits per heavy atom. The van der Waals surface area contributed by atoms with E-state index in [-0.39, 0.29) is 18.1 Å². The first-order valence-electron chi connectivity index (χ1n) is 6.52. The molecular formula is C15H16ClFN2O2. The molecule has 2 aromatic rings. The Morgan fingerprint density at radius 1 is 1.43 bits per heavy atom. The maximum Gasteiger partial charge on any atom is 0.305 e. The second kappa shape index (κ2) is 6.26. The molecule has 0 saturated carbocycles. The van der Waals surface area contributed by atoms with Gasteiger partial charge in [-0.05, 0) is 38.0 Å². The summed E-state index contributed by atoms with van der Waals surface area (Å²) in [5, 5.41) is 4.64. The van der Waals surface area contributed by atoms with E-state index in [2.05, 4.69) is 9.84 Å². The van der Waals surface area contributed by atoms with Gasteiger partial charge in [0.25, 0.3) is 0 Å². The normalized spacial score (nSPS) is 10.7. The predicted octanol–water partition coefficient (Wildman–Crippen LogP) is 3.39. The largest absolute Gasteiger partial charge is 0.469 e. The summed E-state index contributed by atoms with van der Waals surface area (Å²) in [4.78, 5) is 11.3. The molecule has 6 heteroatoms. The van der Waals surface area contributed by atoms with Gasteiger partial charge in [-0.3, -0.25) is 4.79 Å². The van der Waals surface area contributed by atoms with Crippen LogP contribution in [0, 0.1) is 19.7 Å². The van der Waals surface area contributed by atoms with Crippen LogP contribution in [-0.2, 0) is 16.0 Å². The van der Waals surface area contributed by atoms with Crippen molar-refractivity contribution in [2.75, 3.05) is 7.11 Å². The van der Waals surface area contributed by atoms with Crippen molar-refractivity contribution in [2.45, 2.75) is 26.7 Å². The molecule has 21 heavy (non-hydrogen) atoms. The molecule has 1 aromatic carbocycles. The standard InChI is InChI=1S/C15H16ClFN2O2/c1-9-11(7-8-14(20)21-3)10(2)19(18-9)15-12(16)5-4-6-13(15)17/h4-6H,7-8H2,1-3H3. The lowest BCUT2D eigenvalue weighted by Gasteiger charge is -2.08. The van der Waals surface area contributed by atoms with Gasteiger partial charge in [0.1, 0.15) is 11.5 Å². The van der Waals surface area contributed by atoms with Crippen LogP contribution in [0.4, 0.5) is 4.39 Å². The minimum atomic E-state index is -0.437. The van der Waals surface area contributed by atoms with E-state index in [4.69, 9.17) is 11.6 Å². The molecular weight excluding hydrogens is 295 g/mol. The summed E-state index contributed by atoms with van der Waals surface area (Å²) in [5.41, 5.74) is 2.64. The number of benzene rings is 1. The third kappa shape index (κ3) is 3.08. The van der Waals surface area contributed by atoms with Gasteiger partial charge in [0.2, 0.25) is 0 Å². The fraction of sp³-hybridized carbons (Fsp3) is 0.333. The first kappa shape index (κ1) is 15.5. The summed E-state index contributed by atoms with van der Waals surface area (Å²) < 4.78 is 20.1. The maximum absolute atomic E-state index is 14.0. The molecule has 0 radical (unpaired) electrons. The van der Waals surface area contributed by atoms with E-state index in [0.717, 1.165) is 17.0 Å². The van der Waals surface area contributed by atoms with Gasteiger partial charge in [-0.2, -0.15) is 5.10 Å². The third-order valence-corrected chi connectivity index (χ3v) is 3.70. The Kier molecular flexibility index (Phi) is 4.63. The average Bonchev–Trinajstić information content (AvgIpc) is 2.71. The summed E-state index contributed by atoms with van der Waals surface area (Å²) in [6.45, 7) is 3.65. The lowest BCUT2D eigenvalue weighted by atomic mass is 10.1. The molecule has 0 aliphatic carbocycles. The van der Waals surface area contributed by atoms with E-state index in [1.165, 1.54) is 17.9 Å². The topological polar surface area (TPSA) is 44.1 Å². The molecule has 0 amide bonds. The van der Waals surface area contributed by atoms with Gasteiger partial charge in [0.05, 0.1) is 17.8 Å². The molecule has 0 N–H and O–H groups in total. The number of esters is 1. The summed E-state index contributed by atoms with van der Waals surface area (Å²) in [7, 11) is 1.35. The van der Waals surface area contributed by atoms with Crippen molar-refractivity contribution in [3.05, 3.63) is 46.0 Å². The zero-order valence-corrected chi connectivity index (χ0v) is 12.9. The van der Waals surface area contributed by atoms with Crippen LogP contribution in [0.25, 0.3) is 5.69 Å². The average molecular weight is 311 g/mol. The molecule has 0 atom stereocenters. The molecule has 0 spiro atoms. The molecule has 0 saturated heterocycles. The lowest BCUT2D eigenvalue weighted by molar-refractivity contribution is -0.140. The lowest BCUT2D eigenvalue weighted by Crippen LogP contribution is -2.05. The highest BCUT2D eigenvalue weighted by Gasteiger charge is 2.18. The first-order chi connectivity index (χ1) is 9.95. The Hall–Kier alpha value is -1.88. The van der Waals surface area contributed by atoms with E-state index in [1.54, 1.807) is 12.1 Å². The zero-order valence-electron chi connectivity index (χ0n) is 12.1.